The fraction of sp³-hybridized carbons (Fsp3) is 0.733. The summed E-state index contributed by atoms with van der Waals surface area (Å²) in [6, 6.07) is 0.370. The average molecular weight is 322 g/mol. The van der Waals surface area contributed by atoms with Gasteiger partial charge in [0.05, 0.1) is 5.92 Å². The van der Waals surface area contributed by atoms with Crippen LogP contribution in [-0.4, -0.2) is 46.0 Å². The van der Waals surface area contributed by atoms with Crippen LogP contribution in [0.1, 0.15) is 42.1 Å². The molecule has 1 N–H and O–H groups in total. The fourth-order valence-corrected chi connectivity index (χ4v) is 4.06. The van der Waals surface area contributed by atoms with Gasteiger partial charge in [-0.05, 0) is 19.8 Å². The van der Waals surface area contributed by atoms with Gasteiger partial charge in [-0.15, -0.1) is 21.5 Å². The second-order valence-electron chi connectivity index (χ2n) is 6.14. The summed E-state index contributed by atoms with van der Waals surface area (Å²) in [7, 11) is 0. The molecular formula is C15H22N4O2S. The topological polar surface area (TPSA) is 75.2 Å². The molecule has 1 aliphatic heterocycles. The van der Waals surface area contributed by atoms with Gasteiger partial charge in [-0.1, -0.05) is 12.8 Å². The maximum atomic E-state index is 12.2. The molecule has 120 valence electrons. The van der Waals surface area contributed by atoms with Crippen molar-refractivity contribution in [2.24, 2.45) is 5.92 Å². The van der Waals surface area contributed by atoms with Crippen LogP contribution in [0, 0.1) is 12.8 Å². The van der Waals surface area contributed by atoms with Gasteiger partial charge in [-0.2, -0.15) is 0 Å². The van der Waals surface area contributed by atoms with Gasteiger partial charge >= 0.3 is 0 Å². The molecule has 7 heteroatoms. The summed E-state index contributed by atoms with van der Waals surface area (Å²) in [5.74, 6) is -0.0499. The molecule has 2 heterocycles. The highest BCUT2D eigenvalue weighted by atomic mass is 32.1. The predicted molar refractivity (Wildman–Crippen MR) is 83.4 cm³/mol. The average Bonchev–Trinajstić information content (AvgIpc) is 3.19. The second kappa shape index (κ2) is 6.73. The lowest BCUT2D eigenvalue weighted by molar-refractivity contribution is -0.130. The normalized spacial score (nSPS) is 22.5. The Balaban J connectivity index is 1.45. The van der Waals surface area contributed by atoms with E-state index in [-0.39, 0.29) is 17.7 Å². The van der Waals surface area contributed by atoms with Gasteiger partial charge in [0.2, 0.25) is 11.8 Å². The lowest BCUT2D eigenvalue weighted by Crippen LogP contribution is -2.37. The SMILES string of the molecule is Cc1nnc(CCNC(=O)[C@H]2CC(=O)N(C3CCCC3)C2)s1. The third kappa shape index (κ3) is 3.45. The Labute approximate surface area is 134 Å². The number of hydrogen-bond donors (Lipinski definition) is 1. The number of carbonyl (C=O) groups is 2. The maximum Gasteiger partial charge on any atom is 0.225 e. The van der Waals surface area contributed by atoms with Gasteiger partial charge in [0.15, 0.2) is 0 Å². The van der Waals surface area contributed by atoms with E-state index >= 15 is 0 Å². The summed E-state index contributed by atoms with van der Waals surface area (Å²) >= 11 is 1.55. The molecule has 0 unspecified atom stereocenters. The summed E-state index contributed by atoms with van der Waals surface area (Å²) in [4.78, 5) is 26.3. The Hall–Kier alpha value is -1.50. The highest BCUT2D eigenvalue weighted by molar-refractivity contribution is 7.11. The van der Waals surface area contributed by atoms with Crippen molar-refractivity contribution in [2.75, 3.05) is 13.1 Å². The smallest absolute Gasteiger partial charge is 0.225 e. The molecule has 0 aromatic carbocycles. The fourth-order valence-electron chi connectivity index (χ4n) is 3.35. The van der Waals surface area contributed by atoms with E-state index in [0.717, 1.165) is 22.9 Å². The van der Waals surface area contributed by atoms with E-state index in [4.69, 9.17) is 0 Å². The third-order valence-corrected chi connectivity index (χ3v) is 5.40. The highest BCUT2D eigenvalue weighted by Gasteiger charge is 2.38. The number of rotatable bonds is 5. The molecule has 2 fully saturated rings. The third-order valence-electron chi connectivity index (χ3n) is 4.50. The van der Waals surface area contributed by atoms with Gasteiger partial charge in [0.25, 0.3) is 0 Å². The van der Waals surface area contributed by atoms with Crippen molar-refractivity contribution in [3.63, 3.8) is 0 Å². The van der Waals surface area contributed by atoms with E-state index in [1.807, 2.05) is 11.8 Å². The number of carbonyl (C=O) groups excluding carboxylic acids is 2. The van der Waals surface area contributed by atoms with E-state index in [0.29, 0.717) is 32.0 Å². The van der Waals surface area contributed by atoms with Crippen molar-refractivity contribution in [2.45, 2.75) is 51.5 Å². The lowest BCUT2D eigenvalue weighted by atomic mass is 10.1. The van der Waals surface area contributed by atoms with Crippen molar-refractivity contribution in [3.8, 4) is 0 Å². The number of nitrogens with zero attached hydrogens (tertiary/aromatic N) is 3. The molecule has 1 aromatic rings. The summed E-state index contributed by atoms with van der Waals surface area (Å²) in [6.45, 7) is 3.07. The monoisotopic (exact) mass is 322 g/mol. The molecule has 1 aliphatic carbocycles. The molecule has 3 rings (SSSR count). The predicted octanol–water partition coefficient (Wildman–Crippen LogP) is 1.30. The van der Waals surface area contributed by atoms with Crippen LogP contribution in [0.4, 0.5) is 0 Å². The van der Waals surface area contributed by atoms with Crippen LogP contribution >= 0.6 is 11.3 Å². The van der Waals surface area contributed by atoms with Crippen molar-refractivity contribution >= 4 is 23.2 Å². The maximum absolute atomic E-state index is 12.2. The molecule has 22 heavy (non-hydrogen) atoms. The van der Waals surface area contributed by atoms with Crippen LogP contribution in [0.3, 0.4) is 0 Å². The van der Waals surface area contributed by atoms with Gasteiger partial charge in [0, 0.05) is 32.0 Å². The van der Waals surface area contributed by atoms with E-state index in [9.17, 15) is 9.59 Å². The largest absolute Gasteiger partial charge is 0.355 e. The minimum absolute atomic E-state index is 0.00455. The van der Waals surface area contributed by atoms with Gasteiger partial charge in [-0.3, -0.25) is 9.59 Å². The Morgan fingerprint density at radius 2 is 2.14 bits per heavy atom. The molecule has 6 nitrogen and oxygen atoms in total. The summed E-state index contributed by atoms with van der Waals surface area (Å²) in [6.07, 6.45) is 5.65. The van der Waals surface area contributed by atoms with Crippen LogP contribution in [-0.2, 0) is 16.0 Å². The molecule has 1 saturated carbocycles. The molecular weight excluding hydrogens is 300 g/mol. The molecule has 1 saturated heterocycles. The molecule has 2 aliphatic rings. The van der Waals surface area contributed by atoms with Crippen molar-refractivity contribution < 1.29 is 9.59 Å². The zero-order valence-electron chi connectivity index (χ0n) is 12.9. The molecule has 0 bridgehead atoms. The quantitative estimate of drug-likeness (QED) is 0.886. The summed E-state index contributed by atoms with van der Waals surface area (Å²) < 4.78 is 0. The Kier molecular flexibility index (Phi) is 4.71. The minimum Gasteiger partial charge on any atom is -0.355 e. The summed E-state index contributed by atoms with van der Waals surface area (Å²) in [5.41, 5.74) is 0. The van der Waals surface area contributed by atoms with E-state index in [2.05, 4.69) is 15.5 Å². The molecule has 2 amide bonds. The Morgan fingerprint density at radius 1 is 1.36 bits per heavy atom. The minimum atomic E-state index is -0.191. The molecule has 1 atom stereocenters. The van der Waals surface area contributed by atoms with Gasteiger partial charge < -0.3 is 10.2 Å². The van der Waals surface area contributed by atoms with Crippen LogP contribution in [0.5, 0.6) is 0 Å². The number of aryl methyl sites for hydroxylation is 1. The molecule has 0 spiro atoms. The standard InChI is InChI=1S/C15H22N4O2S/c1-10-17-18-13(22-10)6-7-16-15(21)11-8-14(20)19(9-11)12-4-2-3-5-12/h11-12H,2-9H2,1H3,(H,16,21)/t11-/m0/s1. The molecule has 1 aromatic heterocycles. The lowest BCUT2D eigenvalue weighted by Gasteiger charge is -2.23. The number of nitrogens with one attached hydrogen (secondary N) is 1. The molecule has 0 radical (unpaired) electrons. The van der Waals surface area contributed by atoms with Gasteiger partial charge in [0.1, 0.15) is 10.0 Å². The highest BCUT2D eigenvalue weighted by Crippen LogP contribution is 2.29. The van der Waals surface area contributed by atoms with Crippen molar-refractivity contribution in [1.29, 1.82) is 0 Å². The zero-order valence-corrected chi connectivity index (χ0v) is 13.7. The number of aromatic nitrogens is 2. The van der Waals surface area contributed by atoms with Crippen molar-refractivity contribution in [1.82, 2.24) is 20.4 Å². The number of amides is 2. The van der Waals surface area contributed by atoms with Crippen LogP contribution in [0.25, 0.3) is 0 Å². The zero-order chi connectivity index (χ0) is 15.5. The van der Waals surface area contributed by atoms with E-state index in [1.54, 1.807) is 11.3 Å². The van der Waals surface area contributed by atoms with E-state index in [1.165, 1.54) is 12.8 Å². The summed E-state index contributed by atoms with van der Waals surface area (Å²) in [5, 5.41) is 12.8. The Morgan fingerprint density at radius 3 is 2.82 bits per heavy atom. The van der Waals surface area contributed by atoms with Gasteiger partial charge in [-0.25, -0.2) is 0 Å². The second-order valence-corrected chi connectivity index (χ2v) is 7.41. The van der Waals surface area contributed by atoms with Crippen LogP contribution < -0.4 is 5.32 Å². The van der Waals surface area contributed by atoms with E-state index < -0.39 is 0 Å². The van der Waals surface area contributed by atoms with Crippen molar-refractivity contribution in [3.05, 3.63) is 10.0 Å². The first-order valence-corrected chi connectivity index (χ1v) is 8.81. The first kappa shape index (κ1) is 15.4. The Bertz CT molecular complexity index is 553. The first-order chi connectivity index (χ1) is 10.6. The number of likely N-dealkylation sites (tertiary alicyclic amines) is 1. The van der Waals surface area contributed by atoms with Crippen LogP contribution in [0.15, 0.2) is 0 Å². The first-order valence-electron chi connectivity index (χ1n) is 7.99. The number of hydrogen-bond acceptors (Lipinski definition) is 5. The van der Waals surface area contributed by atoms with Crippen LogP contribution in [0.2, 0.25) is 0 Å².